The Morgan fingerprint density at radius 3 is 2.14 bits per heavy atom. The highest BCUT2D eigenvalue weighted by Crippen LogP contribution is 2.45. The van der Waals surface area contributed by atoms with E-state index in [4.69, 9.17) is 5.26 Å². The van der Waals surface area contributed by atoms with Crippen LogP contribution in [0.5, 0.6) is 0 Å². The number of nitriles is 1. The highest BCUT2D eigenvalue weighted by atomic mass is 15.3. The van der Waals surface area contributed by atoms with Crippen molar-refractivity contribution in [2.75, 3.05) is 39.3 Å². The van der Waals surface area contributed by atoms with Crippen molar-refractivity contribution in [1.29, 1.82) is 5.26 Å². The van der Waals surface area contributed by atoms with Crippen LogP contribution >= 0.6 is 0 Å². The predicted molar refractivity (Wildman–Crippen MR) is 55.8 cm³/mol. The molecule has 0 aromatic heterocycles. The Kier molecular flexibility index (Phi) is 2.76. The summed E-state index contributed by atoms with van der Waals surface area (Å²) >= 11 is 0. The van der Waals surface area contributed by atoms with E-state index in [1.54, 1.807) is 0 Å². The summed E-state index contributed by atoms with van der Waals surface area (Å²) in [6, 6.07) is 2.47. The molecule has 2 fully saturated rings. The van der Waals surface area contributed by atoms with Crippen molar-refractivity contribution >= 4 is 0 Å². The highest BCUT2D eigenvalue weighted by molar-refractivity contribution is 5.11. The Hall–Kier alpha value is -0.590. The molecule has 0 N–H and O–H groups in total. The van der Waals surface area contributed by atoms with Crippen molar-refractivity contribution in [2.45, 2.75) is 19.8 Å². The third kappa shape index (κ3) is 2.08. The standard InChI is InChI=1S/C11H19N3/c1-2-13-5-7-14(8-6-13)10-11(9-12)3-4-11/h2-8,10H2,1H3. The molecular weight excluding hydrogens is 174 g/mol. The first kappa shape index (κ1) is 9.95. The lowest BCUT2D eigenvalue weighted by molar-refractivity contribution is 0.125. The second-order valence-corrected chi connectivity index (χ2v) is 4.60. The van der Waals surface area contributed by atoms with Crippen molar-refractivity contribution in [2.24, 2.45) is 5.41 Å². The van der Waals surface area contributed by atoms with Crippen LogP contribution in [-0.4, -0.2) is 49.1 Å². The molecule has 1 saturated heterocycles. The summed E-state index contributed by atoms with van der Waals surface area (Å²) in [5.41, 5.74) is 0.0500. The Bertz CT molecular complexity index is 231. The zero-order valence-electron chi connectivity index (χ0n) is 9.00. The van der Waals surface area contributed by atoms with E-state index in [-0.39, 0.29) is 5.41 Å². The van der Waals surface area contributed by atoms with Gasteiger partial charge in [-0.25, -0.2) is 0 Å². The Morgan fingerprint density at radius 1 is 1.14 bits per heavy atom. The van der Waals surface area contributed by atoms with Gasteiger partial charge in [0.05, 0.1) is 11.5 Å². The van der Waals surface area contributed by atoms with Crippen LogP contribution < -0.4 is 0 Å². The lowest BCUT2D eigenvalue weighted by atomic mass is 10.1. The Labute approximate surface area is 86.3 Å². The van der Waals surface area contributed by atoms with Gasteiger partial charge in [0.1, 0.15) is 0 Å². The summed E-state index contributed by atoms with van der Waals surface area (Å²) in [6.07, 6.45) is 2.25. The van der Waals surface area contributed by atoms with E-state index >= 15 is 0 Å². The molecular formula is C11H19N3. The molecule has 0 spiro atoms. The molecule has 78 valence electrons. The first-order valence-electron chi connectivity index (χ1n) is 5.64. The van der Waals surface area contributed by atoms with Crippen LogP contribution in [0.1, 0.15) is 19.8 Å². The zero-order valence-corrected chi connectivity index (χ0v) is 9.00. The van der Waals surface area contributed by atoms with E-state index in [1.165, 1.54) is 13.1 Å². The quantitative estimate of drug-likeness (QED) is 0.668. The van der Waals surface area contributed by atoms with E-state index < -0.39 is 0 Å². The molecule has 3 heteroatoms. The van der Waals surface area contributed by atoms with Crippen molar-refractivity contribution < 1.29 is 0 Å². The maximum Gasteiger partial charge on any atom is 0.0703 e. The van der Waals surface area contributed by atoms with E-state index in [2.05, 4.69) is 22.8 Å². The first-order chi connectivity index (χ1) is 6.78. The molecule has 0 aromatic rings. The minimum Gasteiger partial charge on any atom is -0.301 e. The first-order valence-corrected chi connectivity index (χ1v) is 5.64. The van der Waals surface area contributed by atoms with E-state index in [1.807, 2.05) is 0 Å². The molecule has 1 heterocycles. The van der Waals surface area contributed by atoms with E-state index in [9.17, 15) is 0 Å². The smallest absolute Gasteiger partial charge is 0.0703 e. The van der Waals surface area contributed by atoms with Crippen molar-refractivity contribution in [1.82, 2.24) is 9.80 Å². The fraction of sp³-hybridized carbons (Fsp3) is 0.909. The van der Waals surface area contributed by atoms with Gasteiger partial charge in [-0.05, 0) is 19.4 Å². The van der Waals surface area contributed by atoms with E-state index in [0.717, 1.165) is 39.0 Å². The van der Waals surface area contributed by atoms with Crippen LogP contribution in [0.3, 0.4) is 0 Å². The van der Waals surface area contributed by atoms with Crippen LogP contribution in [0.4, 0.5) is 0 Å². The molecule has 3 nitrogen and oxygen atoms in total. The van der Waals surface area contributed by atoms with Crippen LogP contribution in [0.15, 0.2) is 0 Å². The lowest BCUT2D eigenvalue weighted by Gasteiger charge is -2.34. The second kappa shape index (κ2) is 3.88. The van der Waals surface area contributed by atoms with Crippen molar-refractivity contribution in [3.8, 4) is 6.07 Å². The lowest BCUT2D eigenvalue weighted by Crippen LogP contribution is -2.47. The average molecular weight is 193 g/mol. The zero-order chi connectivity index (χ0) is 10.0. The third-order valence-corrected chi connectivity index (χ3v) is 3.53. The van der Waals surface area contributed by atoms with Crippen LogP contribution in [0, 0.1) is 16.7 Å². The largest absolute Gasteiger partial charge is 0.301 e. The molecule has 1 saturated carbocycles. The van der Waals surface area contributed by atoms with Gasteiger partial charge in [0, 0.05) is 32.7 Å². The molecule has 0 atom stereocenters. The molecule has 14 heavy (non-hydrogen) atoms. The van der Waals surface area contributed by atoms with Gasteiger partial charge in [-0.15, -0.1) is 0 Å². The second-order valence-electron chi connectivity index (χ2n) is 4.60. The normalized spacial score (nSPS) is 27.1. The molecule has 1 aliphatic carbocycles. The minimum atomic E-state index is 0.0500. The average Bonchev–Trinajstić information content (AvgIpc) is 3.00. The predicted octanol–water partition coefficient (Wildman–Crippen LogP) is 0.928. The van der Waals surface area contributed by atoms with Gasteiger partial charge in [-0.3, -0.25) is 4.90 Å². The summed E-state index contributed by atoms with van der Waals surface area (Å²) in [5, 5.41) is 9.00. The van der Waals surface area contributed by atoms with Gasteiger partial charge >= 0.3 is 0 Å². The van der Waals surface area contributed by atoms with Gasteiger partial charge < -0.3 is 4.90 Å². The number of rotatable bonds is 3. The van der Waals surface area contributed by atoms with Crippen LogP contribution in [0.2, 0.25) is 0 Å². The number of nitrogens with zero attached hydrogens (tertiary/aromatic N) is 3. The summed E-state index contributed by atoms with van der Waals surface area (Å²) in [5.74, 6) is 0. The van der Waals surface area contributed by atoms with Crippen LogP contribution in [0.25, 0.3) is 0 Å². The molecule has 0 radical (unpaired) electrons. The van der Waals surface area contributed by atoms with Gasteiger partial charge in [-0.2, -0.15) is 5.26 Å². The van der Waals surface area contributed by atoms with Gasteiger partial charge in [-0.1, -0.05) is 6.92 Å². The van der Waals surface area contributed by atoms with Crippen molar-refractivity contribution in [3.05, 3.63) is 0 Å². The molecule has 0 unspecified atom stereocenters. The fourth-order valence-corrected chi connectivity index (χ4v) is 2.15. The summed E-state index contributed by atoms with van der Waals surface area (Å²) in [4.78, 5) is 4.94. The molecule has 0 bridgehead atoms. The SMILES string of the molecule is CCN1CCN(CC2(C#N)CC2)CC1. The maximum absolute atomic E-state index is 9.00. The molecule has 0 aromatic carbocycles. The van der Waals surface area contributed by atoms with E-state index in [0.29, 0.717) is 0 Å². The topological polar surface area (TPSA) is 30.3 Å². The third-order valence-electron chi connectivity index (χ3n) is 3.53. The number of likely N-dealkylation sites (N-methyl/N-ethyl adjacent to an activating group) is 1. The number of piperazine rings is 1. The molecule has 2 aliphatic rings. The number of hydrogen-bond acceptors (Lipinski definition) is 3. The summed E-state index contributed by atoms with van der Waals surface area (Å²) in [6.45, 7) is 9.05. The molecule has 2 rings (SSSR count). The number of hydrogen-bond donors (Lipinski definition) is 0. The van der Waals surface area contributed by atoms with Crippen LogP contribution in [-0.2, 0) is 0 Å². The minimum absolute atomic E-state index is 0.0500. The monoisotopic (exact) mass is 193 g/mol. The maximum atomic E-state index is 9.00. The summed E-state index contributed by atoms with van der Waals surface area (Å²) < 4.78 is 0. The van der Waals surface area contributed by atoms with Gasteiger partial charge in [0.15, 0.2) is 0 Å². The Balaban J connectivity index is 1.77. The van der Waals surface area contributed by atoms with Gasteiger partial charge in [0.2, 0.25) is 0 Å². The molecule has 0 amide bonds. The highest BCUT2D eigenvalue weighted by Gasteiger charge is 2.44. The Morgan fingerprint density at radius 2 is 1.71 bits per heavy atom. The molecule has 1 aliphatic heterocycles. The fourth-order valence-electron chi connectivity index (χ4n) is 2.15. The van der Waals surface area contributed by atoms with Gasteiger partial charge in [0.25, 0.3) is 0 Å². The summed E-state index contributed by atoms with van der Waals surface area (Å²) in [7, 11) is 0. The van der Waals surface area contributed by atoms with Crippen molar-refractivity contribution in [3.63, 3.8) is 0 Å².